The highest BCUT2D eigenvalue weighted by molar-refractivity contribution is 6.67. The summed E-state index contributed by atoms with van der Waals surface area (Å²) in [6.45, 7) is 15.7. The molecule has 0 saturated carbocycles. The van der Waals surface area contributed by atoms with Gasteiger partial charge in [0.25, 0.3) is 0 Å². The van der Waals surface area contributed by atoms with Crippen molar-refractivity contribution in [1.29, 1.82) is 0 Å². The monoisotopic (exact) mass is 286 g/mol. The Morgan fingerprint density at radius 2 is 1.84 bits per heavy atom. The van der Waals surface area contributed by atoms with Gasteiger partial charge in [-0.25, -0.2) is 0 Å². The third-order valence-electron chi connectivity index (χ3n) is 2.81. The fraction of sp³-hybridized carbons (Fsp3) is 0.714. The first kappa shape index (κ1) is 16.3. The molecule has 1 fully saturated rings. The van der Waals surface area contributed by atoms with E-state index in [0.717, 1.165) is 25.1 Å². The van der Waals surface area contributed by atoms with E-state index < -0.39 is 8.56 Å². The first-order valence-corrected chi connectivity index (χ1v) is 9.09. The highest BCUT2D eigenvalue weighted by atomic mass is 28.4. The molecule has 0 N–H and O–H groups in total. The molecule has 4 nitrogen and oxygen atoms in total. The summed E-state index contributed by atoms with van der Waals surface area (Å²) in [5.74, 6) is 1.42. The van der Waals surface area contributed by atoms with Gasteiger partial charge in [-0.05, 0) is 20.3 Å². The lowest BCUT2D eigenvalue weighted by Gasteiger charge is -2.31. The van der Waals surface area contributed by atoms with E-state index >= 15 is 0 Å². The van der Waals surface area contributed by atoms with Crippen molar-refractivity contribution in [3.05, 3.63) is 24.7 Å². The van der Waals surface area contributed by atoms with E-state index in [-0.39, 0.29) is 0 Å². The first-order valence-electron chi connectivity index (χ1n) is 6.86. The van der Waals surface area contributed by atoms with Gasteiger partial charge < -0.3 is 18.3 Å². The summed E-state index contributed by atoms with van der Waals surface area (Å²) in [5, 5.41) is 0. The molecule has 1 unspecified atom stereocenters. The van der Waals surface area contributed by atoms with E-state index in [1.807, 2.05) is 13.8 Å². The van der Waals surface area contributed by atoms with Crippen LogP contribution >= 0.6 is 0 Å². The normalized spacial score (nSPS) is 17.9. The van der Waals surface area contributed by atoms with E-state index in [4.69, 9.17) is 18.3 Å². The van der Waals surface area contributed by atoms with Crippen molar-refractivity contribution in [2.75, 3.05) is 19.8 Å². The van der Waals surface area contributed by atoms with Gasteiger partial charge in [0, 0.05) is 18.7 Å². The molecular weight excluding hydrogens is 260 g/mol. The zero-order chi connectivity index (χ0) is 14.3. The number of allylic oxidation sites excluding steroid dienone is 2. The molecule has 0 aromatic heterocycles. The van der Waals surface area contributed by atoms with Gasteiger partial charge in [0.15, 0.2) is 0 Å². The SMILES string of the molecule is C=C(C)O[Si](CC)(CCCOCC1CO1)OC(=C)C. The second kappa shape index (κ2) is 7.72. The molecule has 0 spiro atoms. The molecule has 0 aliphatic carbocycles. The van der Waals surface area contributed by atoms with Crippen LogP contribution in [0.4, 0.5) is 0 Å². The van der Waals surface area contributed by atoms with Gasteiger partial charge in [0.2, 0.25) is 0 Å². The minimum atomic E-state index is -2.27. The minimum Gasteiger partial charge on any atom is -0.517 e. The lowest BCUT2D eigenvalue weighted by molar-refractivity contribution is 0.115. The van der Waals surface area contributed by atoms with Crippen LogP contribution in [0.25, 0.3) is 0 Å². The molecule has 1 aliphatic heterocycles. The summed E-state index contributed by atoms with van der Waals surface area (Å²) in [7, 11) is -2.27. The van der Waals surface area contributed by atoms with Crippen LogP contribution in [0.2, 0.25) is 12.1 Å². The quantitative estimate of drug-likeness (QED) is 0.253. The summed E-state index contributed by atoms with van der Waals surface area (Å²) in [6.07, 6.45) is 1.25. The Kier molecular flexibility index (Phi) is 6.61. The van der Waals surface area contributed by atoms with Crippen LogP contribution in [-0.4, -0.2) is 34.5 Å². The van der Waals surface area contributed by atoms with Crippen molar-refractivity contribution in [1.82, 2.24) is 0 Å². The van der Waals surface area contributed by atoms with E-state index in [0.29, 0.717) is 30.8 Å². The van der Waals surface area contributed by atoms with Crippen LogP contribution in [0.5, 0.6) is 0 Å². The highest BCUT2D eigenvalue weighted by Gasteiger charge is 2.39. The standard InChI is InChI=1S/C14H26O4Si/c1-6-19(17-12(2)3,18-13(4)5)9-7-8-15-10-14-11-16-14/h14H,2,4,6-11H2,1,3,5H3. The lowest BCUT2D eigenvalue weighted by atomic mass is 10.5. The maximum Gasteiger partial charge on any atom is 0.459 e. The number of ether oxygens (including phenoxy) is 2. The predicted molar refractivity (Wildman–Crippen MR) is 78.0 cm³/mol. The van der Waals surface area contributed by atoms with E-state index in [1.165, 1.54) is 0 Å². The molecule has 0 aromatic rings. The van der Waals surface area contributed by atoms with Crippen LogP contribution in [0.15, 0.2) is 24.7 Å². The molecule has 0 radical (unpaired) electrons. The van der Waals surface area contributed by atoms with E-state index in [1.54, 1.807) is 0 Å². The average molecular weight is 286 g/mol. The van der Waals surface area contributed by atoms with Gasteiger partial charge in [0.1, 0.15) is 6.10 Å². The van der Waals surface area contributed by atoms with Crippen molar-refractivity contribution in [3.8, 4) is 0 Å². The van der Waals surface area contributed by atoms with Crippen molar-refractivity contribution in [3.63, 3.8) is 0 Å². The third-order valence-corrected chi connectivity index (χ3v) is 6.45. The van der Waals surface area contributed by atoms with E-state index in [2.05, 4.69) is 20.1 Å². The number of hydrogen-bond acceptors (Lipinski definition) is 4. The van der Waals surface area contributed by atoms with Crippen LogP contribution in [-0.2, 0) is 18.3 Å². The number of hydrogen-bond donors (Lipinski definition) is 0. The van der Waals surface area contributed by atoms with Crippen molar-refractivity contribution >= 4 is 8.56 Å². The topological polar surface area (TPSA) is 40.2 Å². The Morgan fingerprint density at radius 1 is 1.26 bits per heavy atom. The third kappa shape index (κ3) is 6.80. The van der Waals surface area contributed by atoms with Gasteiger partial charge in [-0.15, -0.1) is 0 Å². The molecule has 110 valence electrons. The van der Waals surface area contributed by atoms with Gasteiger partial charge >= 0.3 is 8.56 Å². The molecule has 1 aliphatic rings. The molecular formula is C14H26O4Si. The van der Waals surface area contributed by atoms with Gasteiger partial charge in [0.05, 0.1) is 24.7 Å². The molecule has 19 heavy (non-hydrogen) atoms. The maximum atomic E-state index is 5.92. The summed E-state index contributed by atoms with van der Waals surface area (Å²) in [4.78, 5) is 0. The Morgan fingerprint density at radius 3 is 2.26 bits per heavy atom. The van der Waals surface area contributed by atoms with E-state index in [9.17, 15) is 0 Å². The van der Waals surface area contributed by atoms with Crippen molar-refractivity contribution < 1.29 is 18.3 Å². The van der Waals surface area contributed by atoms with Crippen LogP contribution in [0.3, 0.4) is 0 Å². The second-order valence-corrected chi connectivity index (χ2v) is 8.44. The Balaban J connectivity index is 2.36. The molecule has 0 bridgehead atoms. The number of epoxide rings is 1. The molecule has 1 rings (SSSR count). The Hall–Kier alpha value is -0.783. The summed E-state index contributed by atoms with van der Waals surface area (Å²) >= 11 is 0. The lowest BCUT2D eigenvalue weighted by Crippen LogP contribution is -2.40. The summed E-state index contributed by atoms with van der Waals surface area (Å²) in [6, 6.07) is 1.76. The largest absolute Gasteiger partial charge is 0.517 e. The Labute approximate surface area is 117 Å². The fourth-order valence-corrected chi connectivity index (χ4v) is 4.74. The van der Waals surface area contributed by atoms with Crippen LogP contribution in [0, 0.1) is 0 Å². The average Bonchev–Trinajstić information content (AvgIpc) is 3.10. The van der Waals surface area contributed by atoms with Gasteiger partial charge in [-0.2, -0.15) is 0 Å². The first-order chi connectivity index (χ1) is 8.97. The van der Waals surface area contributed by atoms with Crippen LogP contribution < -0.4 is 0 Å². The van der Waals surface area contributed by atoms with Crippen molar-refractivity contribution in [2.24, 2.45) is 0 Å². The van der Waals surface area contributed by atoms with Crippen LogP contribution in [0.1, 0.15) is 27.2 Å². The minimum absolute atomic E-state index is 0.325. The van der Waals surface area contributed by atoms with Gasteiger partial charge in [-0.3, -0.25) is 0 Å². The zero-order valence-electron chi connectivity index (χ0n) is 12.4. The predicted octanol–water partition coefficient (Wildman–Crippen LogP) is 3.35. The molecule has 1 saturated heterocycles. The molecule has 0 aromatic carbocycles. The molecule has 5 heteroatoms. The number of rotatable bonds is 11. The second-order valence-electron chi connectivity index (χ2n) is 5.01. The molecule has 1 heterocycles. The van der Waals surface area contributed by atoms with Gasteiger partial charge in [-0.1, -0.05) is 20.1 Å². The Bertz CT molecular complexity index is 297. The summed E-state index contributed by atoms with van der Waals surface area (Å²) in [5.41, 5.74) is 0. The fourth-order valence-electron chi connectivity index (χ4n) is 1.90. The smallest absolute Gasteiger partial charge is 0.459 e. The zero-order valence-corrected chi connectivity index (χ0v) is 13.4. The molecule has 1 atom stereocenters. The highest BCUT2D eigenvalue weighted by Crippen LogP contribution is 2.25. The maximum absolute atomic E-state index is 5.92. The van der Waals surface area contributed by atoms with Crippen molar-refractivity contribution in [2.45, 2.75) is 45.4 Å². The molecule has 0 amide bonds. The summed E-state index contributed by atoms with van der Waals surface area (Å²) < 4.78 is 22.5.